The maximum atomic E-state index is 12.0. The molecule has 0 heterocycles. The molecule has 5 heteroatoms. The highest BCUT2D eigenvalue weighted by Crippen LogP contribution is 2.14. The number of ketones is 1. The van der Waals surface area contributed by atoms with E-state index in [1.54, 1.807) is 12.1 Å². The summed E-state index contributed by atoms with van der Waals surface area (Å²) < 4.78 is 28.8. The van der Waals surface area contributed by atoms with Crippen molar-refractivity contribution < 1.29 is 17.4 Å². The average molecular weight is 355 g/mol. The Kier molecular flexibility index (Phi) is 9.88. The zero-order valence-electron chi connectivity index (χ0n) is 14.9. The molecule has 0 unspecified atom stereocenters. The fourth-order valence-electron chi connectivity index (χ4n) is 2.44. The summed E-state index contributed by atoms with van der Waals surface area (Å²) in [6.45, 7) is 3.71. The van der Waals surface area contributed by atoms with Gasteiger partial charge < -0.3 is 0 Å². The number of aryl methyl sites for hydroxylation is 1. The normalized spacial score (nSPS) is 11.6. The van der Waals surface area contributed by atoms with E-state index < -0.39 is 10.1 Å². The van der Waals surface area contributed by atoms with Gasteiger partial charge in [0.1, 0.15) is 6.61 Å². The maximum absolute atomic E-state index is 12.0. The molecular weight excluding hydrogens is 324 g/mol. The topological polar surface area (TPSA) is 60.4 Å². The highest BCUT2D eigenvalue weighted by atomic mass is 32.2. The lowest BCUT2D eigenvalue weighted by Crippen LogP contribution is -2.14. The molecule has 0 spiro atoms. The van der Waals surface area contributed by atoms with Crippen molar-refractivity contribution in [1.82, 2.24) is 0 Å². The van der Waals surface area contributed by atoms with Crippen LogP contribution >= 0.6 is 0 Å². The second-order valence-electron chi connectivity index (χ2n) is 6.29. The summed E-state index contributed by atoms with van der Waals surface area (Å²) in [7, 11) is -3.84. The Balaban J connectivity index is 2.18. The van der Waals surface area contributed by atoms with E-state index in [2.05, 4.69) is 6.92 Å². The van der Waals surface area contributed by atoms with Gasteiger partial charge in [-0.2, -0.15) is 8.42 Å². The Morgan fingerprint density at radius 3 is 2.04 bits per heavy atom. The van der Waals surface area contributed by atoms with Crippen LogP contribution < -0.4 is 0 Å². The van der Waals surface area contributed by atoms with Crippen LogP contribution in [0.15, 0.2) is 29.2 Å². The number of Topliss-reactive ketones (excluding diaryl/α,β-unsaturated/α-hetero) is 1. The molecule has 0 bridgehead atoms. The van der Waals surface area contributed by atoms with Crippen molar-refractivity contribution in [3.63, 3.8) is 0 Å². The summed E-state index contributed by atoms with van der Waals surface area (Å²) >= 11 is 0. The first-order valence-corrected chi connectivity index (χ1v) is 10.3. The van der Waals surface area contributed by atoms with E-state index in [1.807, 2.05) is 6.92 Å². The van der Waals surface area contributed by atoms with Crippen LogP contribution in [0.1, 0.15) is 70.3 Å². The van der Waals surface area contributed by atoms with Crippen LogP contribution in [-0.2, 0) is 19.1 Å². The number of carbonyl (C=O) groups is 1. The average Bonchev–Trinajstić information content (AvgIpc) is 2.56. The van der Waals surface area contributed by atoms with Crippen molar-refractivity contribution in [3.05, 3.63) is 29.8 Å². The Morgan fingerprint density at radius 1 is 0.917 bits per heavy atom. The minimum Gasteiger partial charge on any atom is -0.297 e. The molecule has 0 atom stereocenters. The first-order chi connectivity index (χ1) is 11.5. The zero-order chi connectivity index (χ0) is 17.8. The summed E-state index contributed by atoms with van der Waals surface area (Å²) in [4.78, 5) is 11.9. The van der Waals surface area contributed by atoms with E-state index in [4.69, 9.17) is 4.18 Å². The van der Waals surface area contributed by atoms with Crippen molar-refractivity contribution >= 4 is 15.9 Å². The monoisotopic (exact) mass is 354 g/mol. The van der Waals surface area contributed by atoms with Crippen LogP contribution in [0.3, 0.4) is 0 Å². The van der Waals surface area contributed by atoms with Crippen LogP contribution in [0.4, 0.5) is 0 Å². The van der Waals surface area contributed by atoms with E-state index >= 15 is 0 Å². The minimum atomic E-state index is -3.84. The van der Waals surface area contributed by atoms with Gasteiger partial charge in [0.15, 0.2) is 5.78 Å². The standard InChI is InChI=1S/C19H30O4S/c1-3-4-5-6-7-8-9-10-11-18(20)16-23-24(21,22)19-14-12-17(2)13-15-19/h12-15H,3-11,16H2,1-2H3. The maximum Gasteiger partial charge on any atom is 0.297 e. The number of unbranched alkanes of at least 4 members (excludes halogenated alkanes) is 7. The molecule has 0 saturated carbocycles. The summed E-state index contributed by atoms with van der Waals surface area (Å²) in [6.07, 6.45) is 9.67. The van der Waals surface area contributed by atoms with Crippen LogP contribution in [0.25, 0.3) is 0 Å². The summed E-state index contributed by atoms with van der Waals surface area (Å²) in [5.41, 5.74) is 0.972. The first-order valence-electron chi connectivity index (χ1n) is 8.93. The fraction of sp³-hybridized carbons (Fsp3) is 0.632. The van der Waals surface area contributed by atoms with Crippen molar-refractivity contribution in [2.75, 3.05) is 6.61 Å². The van der Waals surface area contributed by atoms with Crippen molar-refractivity contribution in [2.24, 2.45) is 0 Å². The molecule has 1 aromatic carbocycles. The second kappa shape index (κ2) is 11.4. The van der Waals surface area contributed by atoms with E-state index in [-0.39, 0.29) is 17.3 Å². The van der Waals surface area contributed by atoms with Crippen LogP contribution in [-0.4, -0.2) is 20.8 Å². The Bertz CT molecular complexity index is 576. The third-order valence-electron chi connectivity index (χ3n) is 3.99. The van der Waals surface area contributed by atoms with Gasteiger partial charge in [-0.3, -0.25) is 8.98 Å². The predicted molar refractivity (Wildman–Crippen MR) is 96.6 cm³/mol. The molecule has 4 nitrogen and oxygen atoms in total. The number of rotatable bonds is 13. The highest BCUT2D eigenvalue weighted by molar-refractivity contribution is 7.86. The SMILES string of the molecule is CCCCCCCCCCC(=O)COS(=O)(=O)c1ccc(C)cc1. The van der Waals surface area contributed by atoms with Crippen molar-refractivity contribution in [3.8, 4) is 0 Å². The molecule has 0 saturated heterocycles. The predicted octanol–water partition coefficient (Wildman–Crippen LogP) is 4.80. The van der Waals surface area contributed by atoms with Gasteiger partial charge in [0.2, 0.25) is 0 Å². The minimum absolute atomic E-state index is 0.0907. The van der Waals surface area contributed by atoms with Gasteiger partial charge in [-0.25, -0.2) is 0 Å². The van der Waals surface area contributed by atoms with Gasteiger partial charge in [0, 0.05) is 6.42 Å². The number of hydrogen-bond acceptors (Lipinski definition) is 4. The smallest absolute Gasteiger partial charge is 0.297 e. The fourth-order valence-corrected chi connectivity index (χ4v) is 3.34. The molecule has 0 fully saturated rings. The third kappa shape index (κ3) is 8.60. The Hall–Kier alpha value is -1.20. The van der Waals surface area contributed by atoms with E-state index in [0.29, 0.717) is 6.42 Å². The lowest BCUT2D eigenvalue weighted by atomic mass is 10.1. The van der Waals surface area contributed by atoms with Gasteiger partial charge in [-0.1, -0.05) is 69.6 Å². The largest absolute Gasteiger partial charge is 0.297 e. The molecule has 0 radical (unpaired) electrons. The Morgan fingerprint density at radius 2 is 1.46 bits per heavy atom. The van der Waals surface area contributed by atoms with E-state index in [0.717, 1.165) is 24.8 Å². The number of hydrogen-bond donors (Lipinski definition) is 0. The summed E-state index contributed by atoms with van der Waals surface area (Å²) in [5.74, 6) is -0.156. The van der Waals surface area contributed by atoms with Crippen LogP contribution in [0, 0.1) is 6.92 Å². The van der Waals surface area contributed by atoms with Crippen molar-refractivity contribution in [2.45, 2.75) is 76.5 Å². The Labute approximate surface area is 146 Å². The van der Waals surface area contributed by atoms with Gasteiger partial charge in [-0.05, 0) is 25.5 Å². The second-order valence-corrected chi connectivity index (χ2v) is 7.91. The molecule has 0 N–H and O–H groups in total. The highest BCUT2D eigenvalue weighted by Gasteiger charge is 2.16. The van der Waals surface area contributed by atoms with Gasteiger partial charge in [0.05, 0.1) is 4.90 Å². The molecule has 24 heavy (non-hydrogen) atoms. The number of benzene rings is 1. The molecule has 1 aromatic rings. The third-order valence-corrected chi connectivity index (χ3v) is 5.27. The van der Waals surface area contributed by atoms with Gasteiger partial charge in [-0.15, -0.1) is 0 Å². The lowest BCUT2D eigenvalue weighted by Gasteiger charge is -2.06. The lowest BCUT2D eigenvalue weighted by molar-refractivity contribution is -0.121. The quantitative estimate of drug-likeness (QED) is 0.377. The first kappa shape index (κ1) is 20.8. The molecule has 0 aliphatic heterocycles. The molecule has 1 rings (SSSR count). The van der Waals surface area contributed by atoms with E-state index in [9.17, 15) is 13.2 Å². The van der Waals surface area contributed by atoms with Crippen molar-refractivity contribution in [1.29, 1.82) is 0 Å². The molecule has 0 aromatic heterocycles. The van der Waals surface area contributed by atoms with Crippen LogP contribution in [0.2, 0.25) is 0 Å². The molecule has 0 aliphatic carbocycles. The molecular formula is C19H30O4S. The van der Waals surface area contributed by atoms with Crippen LogP contribution in [0.5, 0.6) is 0 Å². The summed E-state index contributed by atoms with van der Waals surface area (Å²) in [5, 5.41) is 0. The number of carbonyl (C=O) groups excluding carboxylic acids is 1. The van der Waals surface area contributed by atoms with E-state index in [1.165, 1.54) is 44.2 Å². The molecule has 0 amide bonds. The zero-order valence-corrected chi connectivity index (χ0v) is 15.7. The van der Waals surface area contributed by atoms with Gasteiger partial charge >= 0.3 is 0 Å². The molecule has 136 valence electrons. The summed E-state index contributed by atoms with van der Waals surface area (Å²) in [6, 6.07) is 6.40. The molecule has 0 aliphatic rings. The van der Waals surface area contributed by atoms with Gasteiger partial charge in [0.25, 0.3) is 10.1 Å².